The predicted molar refractivity (Wildman–Crippen MR) is 86.3 cm³/mol. The second-order valence-corrected chi connectivity index (χ2v) is 7.66. The van der Waals surface area contributed by atoms with Crippen LogP contribution in [-0.4, -0.2) is 72.5 Å². The Kier molecular flexibility index (Phi) is 4.46. The Morgan fingerprint density at radius 1 is 1.25 bits per heavy atom. The molecule has 1 amide bonds. The van der Waals surface area contributed by atoms with Gasteiger partial charge in [-0.05, 0) is 33.6 Å². The van der Waals surface area contributed by atoms with Crippen molar-refractivity contribution >= 4 is 12.1 Å². The fourth-order valence-electron chi connectivity index (χ4n) is 3.36. The Balaban J connectivity index is 1.57. The molecule has 0 aromatic heterocycles. The number of cyclic esters (lactones) is 1. The molecule has 0 aliphatic carbocycles. The van der Waals surface area contributed by atoms with Gasteiger partial charge in [0.15, 0.2) is 0 Å². The van der Waals surface area contributed by atoms with Gasteiger partial charge in [0, 0.05) is 32.3 Å². The summed E-state index contributed by atoms with van der Waals surface area (Å²) in [6.07, 6.45) is 2.84. The summed E-state index contributed by atoms with van der Waals surface area (Å²) in [4.78, 5) is 27.4. The van der Waals surface area contributed by atoms with E-state index in [1.54, 1.807) is 11.0 Å². The van der Waals surface area contributed by atoms with E-state index in [-0.39, 0.29) is 17.7 Å². The minimum Gasteiger partial charge on any atom is -0.456 e. The zero-order valence-corrected chi connectivity index (χ0v) is 14.7. The molecule has 2 fully saturated rings. The van der Waals surface area contributed by atoms with Gasteiger partial charge in [-0.15, -0.1) is 0 Å². The van der Waals surface area contributed by atoms with E-state index in [1.165, 1.54) is 0 Å². The third-order valence-electron chi connectivity index (χ3n) is 4.63. The first-order valence-electron chi connectivity index (χ1n) is 8.51. The number of carbonyl (C=O) groups excluding carboxylic acids is 2. The number of morpholine rings is 1. The third-order valence-corrected chi connectivity index (χ3v) is 4.63. The number of nitrogens with zero attached hydrogens (tertiary/aromatic N) is 2. The second kappa shape index (κ2) is 6.27. The van der Waals surface area contributed by atoms with Gasteiger partial charge in [-0.3, -0.25) is 0 Å². The Bertz CT molecular complexity index is 544. The molecule has 0 unspecified atom stereocenters. The topological polar surface area (TPSA) is 68.3 Å². The molecule has 24 heavy (non-hydrogen) atoms. The molecule has 7 heteroatoms. The maximum absolute atomic E-state index is 12.2. The molecule has 0 saturated carbocycles. The van der Waals surface area contributed by atoms with Crippen LogP contribution >= 0.6 is 0 Å². The molecule has 2 saturated heterocycles. The van der Waals surface area contributed by atoms with Gasteiger partial charge in [0.25, 0.3) is 0 Å². The summed E-state index contributed by atoms with van der Waals surface area (Å²) in [7, 11) is 0. The minimum absolute atomic E-state index is 0.261. The van der Waals surface area contributed by atoms with E-state index < -0.39 is 5.60 Å². The molecular formula is C17H26N2O5. The number of hydrogen-bond acceptors (Lipinski definition) is 6. The van der Waals surface area contributed by atoms with Crippen molar-refractivity contribution in [1.29, 1.82) is 0 Å². The van der Waals surface area contributed by atoms with E-state index in [2.05, 4.69) is 4.90 Å². The SMILES string of the molecule is CC(C)(C)OC(=O)N1CCC2(CC1)CN(C1=CC(=O)OC1)CCO2. The third kappa shape index (κ3) is 3.83. The van der Waals surface area contributed by atoms with E-state index in [9.17, 15) is 9.59 Å². The lowest BCUT2D eigenvalue weighted by Gasteiger charge is -2.48. The average molecular weight is 338 g/mol. The van der Waals surface area contributed by atoms with Gasteiger partial charge < -0.3 is 24.0 Å². The summed E-state index contributed by atoms with van der Waals surface area (Å²) >= 11 is 0. The van der Waals surface area contributed by atoms with Crippen LogP contribution in [0.4, 0.5) is 4.79 Å². The summed E-state index contributed by atoms with van der Waals surface area (Å²) < 4.78 is 16.5. The highest BCUT2D eigenvalue weighted by Gasteiger charge is 2.42. The highest BCUT2D eigenvalue weighted by atomic mass is 16.6. The monoisotopic (exact) mass is 338 g/mol. The number of rotatable bonds is 1. The molecule has 0 bridgehead atoms. The molecule has 134 valence electrons. The number of likely N-dealkylation sites (tertiary alicyclic amines) is 1. The number of carbonyl (C=O) groups is 2. The largest absolute Gasteiger partial charge is 0.456 e. The van der Waals surface area contributed by atoms with Crippen molar-refractivity contribution < 1.29 is 23.8 Å². The summed E-state index contributed by atoms with van der Waals surface area (Å²) in [5, 5.41) is 0. The number of esters is 1. The zero-order chi connectivity index (χ0) is 17.4. The maximum Gasteiger partial charge on any atom is 0.410 e. The molecule has 0 radical (unpaired) electrons. The molecule has 3 rings (SSSR count). The molecule has 7 nitrogen and oxygen atoms in total. The molecular weight excluding hydrogens is 312 g/mol. The molecule has 0 aromatic rings. The van der Waals surface area contributed by atoms with Gasteiger partial charge in [0.2, 0.25) is 0 Å². The summed E-state index contributed by atoms with van der Waals surface area (Å²) in [5.74, 6) is -0.273. The van der Waals surface area contributed by atoms with Crippen LogP contribution in [0.5, 0.6) is 0 Å². The molecule has 0 N–H and O–H groups in total. The minimum atomic E-state index is -0.480. The lowest BCUT2D eigenvalue weighted by Crippen LogP contribution is -2.57. The Morgan fingerprint density at radius 2 is 1.96 bits per heavy atom. The zero-order valence-electron chi connectivity index (χ0n) is 14.7. The van der Waals surface area contributed by atoms with Crippen LogP contribution in [0.15, 0.2) is 11.8 Å². The van der Waals surface area contributed by atoms with Crippen molar-refractivity contribution in [3.8, 4) is 0 Å². The summed E-state index contributed by atoms with van der Waals surface area (Å²) in [5.41, 5.74) is 0.187. The van der Waals surface area contributed by atoms with Gasteiger partial charge in [0.05, 0.1) is 17.9 Å². The average Bonchev–Trinajstić information content (AvgIpc) is 2.93. The van der Waals surface area contributed by atoms with Gasteiger partial charge in [0.1, 0.15) is 12.2 Å². The fourth-order valence-corrected chi connectivity index (χ4v) is 3.36. The first kappa shape index (κ1) is 17.1. The molecule has 0 aromatic carbocycles. The van der Waals surface area contributed by atoms with E-state index in [1.807, 2.05) is 20.8 Å². The first-order valence-corrected chi connectivity index (χ1v) is 8.51. The van der Waals surface area contributed by atoms with Crippen LogP contribution in [0.3, 0.4) is 0 Å². The van der Waals surface area contributed by atoms with Crippen LogP contribution in [0.1, 0.15) is 33.6 Å². The van der Waals surface area contributed by atoms with Crippen molar-refractivity contribution in [3.05, 3.63) is 11.8 Å². The maximum atomic E-state index is 12.2. The molecule has 3 aliphatic heterocycles. The van der Waals surface area contributed by atoms with Gasteiger partial charge >= 0.3 is 12.1 Å². The van der Waals surface area contributed by atoms with E-state index in [0.717, 1.165) is 31.6 Å². The summed E-state index contributed by atoms with van der Waals surface area (Å²) in [6.45, 7) is 9.33. The normalized spacial score (nSPS) is 24.0. The summed E-state index contributed by atoms with van der Waals surface area (Å²) in [6, 6.07) is 0. The fraction of sp³-hybridized carbons (Fsp3) is 0.765. The lowest BCUT2D eigenvalue weighted by atomic mass is 9.89. The lowest BCUT2D eigenvalue weighted by molar-refractivity contribution is -0.135. The van der Waals surface area contributed by atoms with Crippen LogP contribution in [0.25, 0.3) is 0 Å². The highest BCUT2D eigenvalue weighted by Crippen LogP contribution is 2.32. The molecule has 1 spiro atoms. The molecule has 3 heterocycles. The Labute approximate surface area is 142 Å². The van der Waals surface area contributed by atoms with Crippen molar-refractivity contribution in [2.45, 2.75) is 44.8 Å². The number of hydrogen-bond donors (Lipinski definition) is 0. The Hall–Kier alpha value is -1.76. The molecule has 3 aliphatic rings. The quantitative estimate of drug-likeness (QED) is 0.676. The smallest absolute Gasteiger partial charge is 0.410 e. The number of piperidine rings is 1. The van der Waals surface area contributed by atoms with Crippen LogP contribution < -0.4 is 0 Å². The van der Waals surface area contributed by atoms with Crippen LogP contribution in [0, 0.1) is 0 Å². The van der Waals surface area contributed by atoms with Crippen molar-refractivity contribution in [2.75, 3.05) is 39.4 Å². The van der Waals surface area contributed by atoms with Crippen LogP contribution in [-0.2, 0) is 19.0 Å². The van der Waals surface area contributed by atoms with Gasteiger partial charge in [-0.25, -0.2) is 9.59 Å². The van der Waals surface area contributed by atoms with E-state index in [0.29, 0.717) is 26.3 Å². The van der Waals surface area contributed by atoms with Crippen molar-refractivity contribution in [1.82, 2.24) is 9.80 Å². The van der Waals surface area contributed by atoms with Gasteiger partial charge in [-0.1, -0.05) is 0 Å². The van der Waals surface area contributed by atoms with Crippen molar-refractivity contribution in [3.63, 3.8) is 0 Å². The Morgan fingerprint density at radius 3 is 2.54 bits per heavy atom. The predicted octanol–water partition coefficient (Wildman–Crippen LogP) is 1.53. The van der Waals surface area contributed by atoms with Gasteiger partial charge in [-0.2, -0.15) is 0 Å². The van der Waals surface area contributed by atoms with Crippen LogP contribution in [0.2, 0.25) is 0 Å². The standard InChI is InChI=1S/C17H26N2O5/c1-16(2,3)24-15(21)18-6-4-17(5-7-18)12-19(8-9-23-17)13-10-14(20)22-11-13/h10H,4-9,11-12H2,1-3H3. The number of ether oxygens (including phenoxy) is 3. The highest BCUT2D eigenvalue weighted by molar-refractivity contribution is 5.85. The first-order chi connectivity index (χ1) is 11.3. The number of amides is 1. The molecule has 0 atom stereocenters. The van der Waals surface area contributed by atoms with E-state index in [4.69, 9.17) is 14.2 Å². The van der Waals surface area contributed by atoms with E-state index >= 15 is 0 Å². The second-order valence-electron chi connectivity index (χ2n) is 7.66. The van der Waals surface area contributed by atoms with Crippen molar-refractivity contribution in [2.24, 2.45) is 0 Å².